The zero-order chi connectivity index (χ0) is 16.0. The molecular weight excluding hydrogens is 402 g/mol. The van der Waals surface area contributed by atoms with Gasteiger partial charge in [0.2, 0.25) is 0 Å². The Morgan fingerprint density at radius 3 is 1.70 bits per heavy atom. The van der Waals surface area contributed by atoms with Gasteiger partial charge < -0.3 is 0 Å². The van der Waals surface area contributed by atoms with Gasteiger partial charge in [-0.2, -0.15) is 0 Å². The third kappa shape index (κ3) is 2.74. The van der Waals surface area contributed by atoms with Gasteiger partial charge in [-0.3, -0.25) is 0 Å². The Balaban J connectivity index is 1.73. The van der Waals surface area contributed by atoms with Crippen molar-refractivity contribution in [3.8, 4) is 0 Å². The first-order valence-corrected chi connectivity index (χ1v) is 16.7. The molecular formula is C20H25Cl2Zr. The molecule has 4 aliphatic rings. The number of rotatable bonds is 3. The maximum atomic E-state index is 6.86. The topological polar surface area (TPSA) is 0 Å². The zero-order valence-corrected chi connectivity index (χ0v) is 17.8. The first-order valence-electron chi connectivity index (χ1n) is 9.11. The number of halogens is 2. The molecule has 0 aromatic rings. The van der Waals surface area contributed by atoms with E-state index in [9.17, 15) is 0 Å². The Hall–Kier alpha value is 0.423. The van der Waals surface area contributed by atoms with E-state index in [4.69, 9.17) is 17.0 Å². The summed E-state index contributed by atoms with van der Waals surface area (Å²) in [6.45, 7) is 2.42. The quantitative estimate of drug-likeness (QED) is 0.447. The second-order valence-electron chi connectivity index (χ2n) is 7.73. The number of hydrogen-bond donors (Lipinski definition) is 0. The molecule has 0 radical (unpaired) electrons. The Bertz CT molecular complexity index is 576. The van der Waals surface area contributed by atoms with Crippen molar-refractivity contribution in [3.05, 3.63) is 46.6 Å². The third-order valence-electron chi connectivity index (χ3n) is 6.54. The summed E-state index contributed by atoms with van der Waals surface area (Å²) in [4.78, 5) is 0. The molecule has 0 N–H and O–H groups in total. The summed E-state index contributed by atoms with van der Waals surface area (Å²) in [6, 6.07) is 0. The second-order valence-corrected chi connectivity index (χ2v) is 17.3. The van der Waals surface area contributed by atoms with Gasteiger partial charge in [-0.25, -0.2) is 0 Å². The Labute approximate surface area is 155 Å². The third-order valence-corrected chi connectivity index (χ3v) is 14.9. The normalized spacial score (nSPS) is 32.1. The van der Waals surface area contributed by atoms with Gasteiger partial charge in [0.15, 0.2) is 0 Å². The number of hydrogen-bond acceptors (Lipinski definition) is 0. The van der Waals surface area contributed by atoms with E-state index < -0.39 is 19.4 Å². The molecule has 2 unspecified atom stereocenters. The van der Waals surface area contributed by atoms with Crippen LogP contribution in [0.15, 0.2) is 46.6 Å². The Kier molecular flexibility index (Phi) is 4.86. The summed E-state index contributed by atoms with van der Waals surface area (Å²) in [7, 11) is 13.7. The predicted octanol–water partition coefficient (Wildman–Crippen LogP) is 7.20. The summed E-state index contributed by atoms with van der Waals surface area (Å²) < 4.78 is 0.0706. The molecule has 23 heavy (non-hydrogen) atoms. The van der Waals surface area contributed by atoms with Gasteiger partial charge in [0.1, 0.15) is 0 Å². The van der Waals surface area contributed by atoms with E-state index in [0.29, 0.717) is 11.8 Å². The van der Waals surface area contributed by atoms with Gasteiger partial charge in [-0.15, -0.1) is 0 Å². The van der Waals surface area contributed by atoms with Crippen molar-refractivity contribution in [1.29, 1.82) is 0 Å². The van der Waals surface area contributed by atoms with Crippen molar-refractivity contribution in [3.63, 3.8) is 0 Å². The van der Waals surface area contributed by atoms with E-state index in [2.05, 4.69) is 31.2 Å². The van der Waals surface area contributed by atoms with Crippen molar-refractivity contribution < 1.29 is 19.4 Å². The van der Waals surface area contributed by atoms with Crippen LogP contribution in [0.3, 0.4) is 0 Å². The van der Waals surface area contributed by atoms with Crippen molar-refractivity contribution in [2.75, 3.05) is 0 Å². The number of allylic oxidation sites excluding steroid dienone is 8. The summed E-state index contributed by atoms with van der Waals surface area (Å²) in [5.41, 5.74) is 6.56. The SMILES string of the molecule is C[C](C1C=CC2=C1CCCC2)(C1C=CC2=C1CCCC2)[Zr]([Cl])[Cl]. The van der Waals surface area contributed by atoms with Crippen LogP contribution in [0.1, 0.15) is 58.3 Å². The fraction of sp³-hybridized carbons (Fsp3) is 0.600. The molecule has 0 aromatic carbocycles. The molecule has 0 heterocycles. The van der Waals surface area contributed by atoms with Crippen LogP contribution >= 0.6 is 17.0 Å². The van der Waals surface area contributed by atoms with Gasteiger partial charge in [0.05, 0.1) is 0 Å². The summed E-state index contributed by atoms with van der Waals surface area (Å²) >= 11 is -2.50. The van der Waals surface area contributed by atoms with Crippen molar-refractivity contribution in [2.24, 2.45) is 11.8 Å². The molecule has 123 valence electrons. The van der Waals surface area contributed by atoms with E-state index in [1.807, 2.05) is 0 Å². The van der Waals surface area contributed by atoms with Crippen LogP contribution in [0.4, 0.5) is 0 Å². The van der Waals surface area contributed by atoms with Gasteiger partial charge in [-0.1, -0.05) is 0 Å². The zero-order valence-electron chi connectivity index (χ0n) is 13.9. The predicted molar refractivity (Wildman–Crippen MR) is 96.3 cm³/mol. The summed E-state index contributed by atoms with van der Waals surface area (Å²) in [5, 5.41) is 0. The second kappa shape index (κ2) is 6.62. The fourth-order valence-electron chi connectivity index (χ4n) is 5.20. The van der Waals surface area contributed by atoms with Gasteiger partial charge in [0.25, 0.3) is 0 Å². The van der Waals surface area contributed by atoms with Crippen molar-refractivity contribution in [1.82, 2.24) is 0 Å². The first-order chi connectivity index (χ1) is 11.1. The van der Waals surface area contributed by atoms with Crippen LogP contribution in [0.25, 0.3) is 0 Å². The molecule has 0 fully saturated rings. The van der Waals surface area contributed by atoms with Crippen LogP contribution in [0.2, 0.25) is 3.12 Å². The van der Waals surface area contributed by atoms with E-state index >= 15 is 0 Å². The standard InChI is InChI=1S/C20H25.2ClH.Zr/c1-14(17-12-10-15-6-2-4-8-19(15)17)18-13-11-16-7-3-5-9-20(16)18;;;/h10-13,17-18H,2-9H2,1H3;2*1H;/q;;;+2/p-2. The molecule has 0 spiro atoms. The molecule has 0 aliphatic heterocycles. The fourth-order valence-corrected chi connectivity index (χ4v) is 10.5. The van der Waals surface area contributed by atoms with Crippen molar-refractivity contribution in [2.45, 2.75) is 61.4 Å². The molecule has 0 aromatic heterocycles. The molecule has 0 saturated heterocycles. The van der Waals surface area contributed by atoms with Crippen molar-refractivity contribution >= 4 is 17.0 Å². The van der Waals surface area contributed by atoms with Crippen LogP contribution in [-0.2, 0) is 19.4 Å². The summed E-state index contributed by atoms with van der Waals surface area (Å²) in [6.07, 6.45) is 20.1. The van der Waals surface area contributed by atoms with Crippen LogP contribution in [0.5, 0.6) is 0 Å². The van der Waals surface area contributed by atoms with Crippen LogP contribution in [-0.4, -0.2) is 0 Å². The van der Waals surface area contributed by atoms with Crippen LogP contribution < -0.4 is 0 Å². The van der Waals surface area contributed by atoms with E-state index in [1.54, 1.807) is 22.3 Å². The molecule has 0 nitrogen and oxygen atoms in total. The van der Waals surface area contributed by atoms with Gasteiger partial charge in [-0.05, 0) is 0 Å². The minimum absolute atomic E-state index is 0.0706. The van der Waals surface area contributed by atoms with Crippen LogP contribution in [0, 0.1) is 11.8 Å². The van der Waals surface area contributed by atoms with E-state index in [0.717, 1.165) is 0 Å². The molecule has 4 rings (SSSR count). The molecule has 2 atom stereocenters. The van der Waals surface area contributed by atoms with E-state index in [1.165, 1.54) is 51.4 Å². The molecule has 0 amide bonds. The Morgan fingerprint density at radius 1 is 0.826 bits per heavy atom. The average molecular weight is 428 g/mol. The first kappa shape index (κ1) is 16.9. The molecule has 3 heteroatoms. The summed E-state index contributed by atoms with van der Waals surface area (Å²) in [5.74, 6) is 0.983. The van der Waals surface area contributed by atoms with Gasteiger partial charge >= 0.3 is 156 Å². The Morgan fingerprint density at radius 2 is 1.26 bits per heavy atom. The molecule has 0 bridgehead atoms. The minimum atomic E-state index is -2.50. The molecule has 0 saturated carbocycles. The monoisotopic (exact) mass is 425 g/mol. The van der Waals surface area contributed by atoms with E-state index in [-0.39, 0.29) is 3.12 Å². The average Bonchev–Trinajstić information content (AvgIpc) is 3.18. The molecule has 4 aliphatic carbocycles. The van der Waals surface area contributed by atoms with Gasteiger partial charge in [0, 0.05) is 0 Å². The maximum absolute atomic E-state index is 6.86.